The van der Waals surface area contributed by atoms with Gasteiger partial charge in [0, 0.05) is 27.4 Å². The third-order valence-corrected chi connectivity index (χ3v) is 6.63. The summed E-state index contributed by atoms with van der Waals surface area (Å²) in [5.41, 5.74) is 0. The van der Waals surface area contributed by atoms with E-state index in [9.17, 15) is 74.6 Å². The minimum Gasteiger partial charge on any atom is -0.377 e. The molecule has 0 amide bonds. The van der Waals surface area contributed by atoms with Crippen molar-refractivity contribution in [3.63, 3.8) is 0 Å². The fraction of sp³-hybridized carbons (Fsp3) is 0.857. The summed E-state index contributed by atoms with van der Waals surface area (Å²) in [5, 5.41) is 0. The smallest absolute Gasteiger partial charge is 0.377 e. The van der Waals surface area contributed by atoms with Gasteiger partial charge >= 0.3 is 57.2 Å². The van der Waals surface area contributed by atoms with E-state index in [1.165, 1.54) is 4.74 Å². The molecule has 37 heavy (non-hydrogen) atoms. The van der Waals surface area contributed by atoms with Crippen LogP contribution >= 0.6 is 0 Å². The molecular formula is C14H13F17O5Si. The molecule has 23 heteroatoms. The van der Waals surface area contributed by atoms with E-state index >= 15 is 0 Å². The molecule has 0 saturated heterocycles. The number of hydrogen-bond acceptors (Lipinski definition) is 5. The summed E-state index contributed by atoms with van der Waals surface area (Å²) in [6, 6.07) is -1.08. The highest BCUT2D eigenvalue weighted by Gasteiger charge is 2.84. The number of ether oxygens (including phenoxy) is 2. The fourth-order valence-corrected chi connectivity index (χ4v) is 3.39. The van der Waals surface area contributed by atoms with Crippen LogP contribution in [0.3, 0.4) is 0 Å². The van der Waals surface area contributed by atoms with E-state index in [0.717, 1.165) is 21.3 Å². The van der Waals surface area contributed by atoms with Crippen LogP contribution in [0.15, 0.2) is 12.2 Å². The van der Waals surface area contributed by atoms with E-state index in [2.05, 4.69) is 18.0 Å². The standard InChI is InChI=1S/C14H13F17O5Si/c1-32-37(33-2,34-3)6-4-5-7(15,10(19,20)21)35-14(30,31)9(18,12(25,26)27)36-13(28,29)8(16,17)11(22,23)24/h4-5H,6H2,1-3H3. The van der Waals surface area contributed by atoms with Crippen LogP contribution in [0.5, 0.6) is 0 Å². The number of halogens is 17. The second-order valence-corrected chi connectivity index (χ2v) is 9.45. The van der Waals surface area contributed by atoms with Gasteiger partial charge in [0.1, 0.15) is 0 Å². The van der Waals surface area contributed by atoms with E-state index in [1.807, 2.05) is 0 Å². The Labute approximate surface area is 195 Å². The summed E-state index contributed by atoms with van der Waals surface area (Å²) in [6.45, 7) is 0. The van der Waals surface area contributed by atoms with Crippen molar-refractivity contribution in [2.24, 2.45) is 0 Å². The lowest BCUT2D eigenvalue weighted by molar-refractivity contribution is -0.548. The molecule has 0 aromatic heterocycles. The first-order chi connectivity index (χ1) is 16.1. The maximum Gasteiger partial charge on any atom is 0.504 e. The molecule has 0 N–H and O–H groups in total. The van der Waals surface area contributed by atoms with Gasteiger partial charge < -0.3 is 13.3 Å². The molecular weight excluding hydrogens is 599 g/mol. The van der Waals surface area contributed by atoms with Crippen LogP contribution in [0.2, 0.25) is 6.04 Å². The van der Waals surface area contributed by atoms with Crippen molar-refractivity contribution in [3.05, 3.63) is 12.2 Å². The Morgan fingerprint density at radius 2 is 0.946 bits per heavy atom. The number of alkyl halides is 17. The van der Waals surface area contributed by atoms with Gasteiger partial charge in [-0.2, -0.15) is 74.6 Å². The van der Waals surface area contributed by atoms with Gasteiger partial charge in [-0.05, 0) is 6.08 Å². The Morgan fingerprint density at radius 1 is 0.541 bits per heavy atom. The van der Waals surface area contributed by atoms with Crippen LogP contribution < -0.4 is 0 Å². The maximum absolute atomic E-state index is 14.3. The Kier molecular flexibility index (Phi) is 10.2. The van der Waals surface area contributed by atoms with Gasteiger partial charge in [-0.25, -0.2) is 0 Å². The molecule has 0 rings (SSSR count). The first-order valence-corrected chi connectivity index (χ1v) is 10.4. The zero-order valence-electron chi connectivity index (χ0n) is 17.8. The molecule has 2 unspecified atom stereocenters. The molecule has 0 aromatic rings. The number of hydrogen-bond donors (Lipinski definition) is 0. The van der Waals surface area contributed by atoms with Crippen molar-refractivity contribution < 1.29 is 97.4 Å². The predicted octanol–water partition coefficient (Wildman–Crippen LogP) is 6.29. The monoisotopic (exact) mass is 612 g/mol. The minimum absolute atomic E-state index is 0.160. The third kappa shape index (κ3) is 6.96. The van der Waals surface area contributed by atoms with E-state index in [1.54, 1.807) is 0 Å². The highest BCUT2D eigenvalue weighted by Crippen LogP contribution is 2.56. The molecule has 0 bridgehead atoms. The first kappa shape index (κ1) is 35.6. The van der Waals surface area contributed by atoms with Crippen molar-refractivity contribution in [2.75, 3.05) is 21.3 Å². The molecule has 0 heterocycles. The van der Waals surface area contributed by atoms with E-state index in [0.29, 0.717) is 0 Å². The molecule has 0 spiro atoms. The predicted molar refractivity (Wildman–Crippen MR) is 83.6 cm³/mol. The van der Waals surface area contributed by atoms with Gasteiger partial charge in [0.25, 0.3) is 0 Å². The lowest BCUT2D eigenvalue weighted by Crippen LogP contribution is -2.67. The largest absolute Gasteiger partial charge is 0.504 e. The Balaban J connectivity index is 6.69. The van der Waals surface area contributed by atoms with Gasteiger partial charge in [-0.3, -0.25) is 9.47 Å². The van der Waals surface area contributed by atoms with Gasteiger partial charge in [-0.15, -0.1) is 0 Å². The first-order valence-electron chi connectivity index (χ1n) is 8.50. The van der Waals surface area contributed by atoms with Crippen LogP contribution in [0, 0.1) is 0 Å². The maximum atomic E-state index is 14.3. The summed E-state index contributed by atoms with van der Waals surface area (Å²) in [6.07, 6.45) is -39.2. The molecule has 0 aliphatic heterocycles. The summed E-state index contributed by atoms with van der Waals surface area (Å²) in [4.78, 5) is 0. The van der Waals surface area contributed by atoms with Crippen molar-refractivity contribution in [2.45, 2.75) is 54.4 Å². The van der Waals surface area contributed by atoms with Crippen LogP contribution in [0.4, 0.5) is 74.6 Å². The van der Waals surface area contributed by atoms with Gasteiger partial charge in [0.15, 0.2) is 0 Å². The van der Waals surface area contributed by atoms with Crippen LogP contribution in [-0.2, 0) is 22.8 Å². The quantitative estimate of drug-likeness (QED) is 0.147. The highest BCUT2D eigenvalue weighted by atomic mass is 28.4. The Bertz CT molecular complexity index is 782. The molecule has 222 valence electrons. The molecule has 2 atom stereocenters. The molecule has 0 fully saturated rings. The SMILES string of the molecule is CO[Si](CC=CC(F)(OC(F)(F)C(F)(OC(F)(F)C(F)(F)C(F)(F)F)C(F)(F)F)C(F)(F)F)(OC)OC. The van der Waals surface area contributed by atoms with Crippen LogP contribution in [0.1, 0.15) is 0 Å². The highest BCUT2D eigenvalue weighted by molar-refractivity contribution is 6.61. The molecule has 0 saturated carbocycles. The normalized spacial score (nSPS) is 18.7. The Hall–Kier alpha value is -1.43. The van der Waals surface area contributed by atoms with Crippen molar-refractivity contribution in [1.29, 1.82) is 0 Å². The number of rotatable bonds is 12. The summed E-state index contributed by atoms with van der Waals surface area (Å²) in [5.74, 6) is -22.0. The zero-order chi connectivity index (χ0) is 30.2. The second kappa shape index (κ2) is 10.6. The van der Waals surface area contributed by atoms with E-state index in [-0.39, 0.29) is 6.08 Å². The Morgan fingerprint density at radius 3 is 1.24 bits per heavy atom. The fourth-order valence-electron chi connectivity index (χ4n) is 1.98. The van der Waals surface area contributed by atoms with Crippen molar-refractivity contribution in [1.82, 2.24) is 0 Å². The summed E-state index contributed by atoms with van der Waals surface area (Å²) < 4.78 is 240. The molecule has 0 aliphatic carbocycles. The van der Waals surface area contributed by atoms with Gasteiger partial charge in [0.2, 0.25) is 0 Å². The molecule has 0 radical (unpaired) electrons. The van der Waals surface area contributed by atoms with Gasteiger partial charge in [-0.1, -0.05) is 6.08 Å². The molecule has 0 aliphatic rings. The lowest BCUT2D eigenvalue weighted by atomic mass is 10.2. The minimum atomic E-state index is -7.93. The van der Waals surface area contributed by atoms with E-state index in [4.69, 9.17) is 0 Å². The number of allylic oxidation sites excluding steroid dienone is 1. The van der Waals surface area contributed by atoms with Crippen LogP contribution in [0.25, 0.3) is 0 Å². The zero-order valence-corrected chi connectivity index (χ0v) is 18.8. The third-order valence-electron chi connectivity index (χ3n) is 4.03. The summed E-state index contributed by atoms with van der Waals surface area (Å²) >= 11 is 0. The van der Waals surface area contributed by atoms with Crippen molar-refractivity contribution >= 4 is 8.80 Å². The molecule has 0 aromatic carbocycles. The average molecular weight is 612 g/mol. The lowest BCUT2D eigenvalue weighted by Gasteiger charge is -2.40. The topological polar surface area (TPSA) is 46.2 Å². The molecule has 5 nitrogen and oxygen atoms in total. The van der Waals surface area contributed by atoms with Crippen LogP contribution in [-0.4, -0.2) is 78.5 Å². The second-order valence-electron chi connectivity index (χ2n) is 6.45. The van der Waals surface area contributed by atoms with Crippen molar-refractivity contribution in [3.8, 4) is 0 Å². The average Bonchev–Trinajstić information content (AvgIpc) is 2.68. The van der Waals surface area contributed by atoms with Gasteiger partial charge in [0.05, 0.1) is 0 Å². The summed E-state index contributed by atoms with van der Waals surface area (Å²) in [7, 11) is -1.55. The van der Waals surface area contributed by atoms with E-state index < -0.39 is 69.3 Å².